The number of nitrogens with zero attached hydrogens (tertiary/aromatic N) is 1. The molecule has 0 aliphatic carbocycles. The third kappa shape index (κ3) is 3.82. The van der Waals surface area contributed by atoms with Crippen molar-refractivity contribution < 1.29 is 36.0 Å². The normalized spacial score (nSPS) is 20.2. The molecule has 0 radical (unpaired) electrons. The van der Waals surface area contributed by atoms with Gasteiger partial charge in [-0.25, -0.2) is 21.6 Å². The maximum atomic E-state index is 13.0. The molecular weight excluding hydrogens is 458 g/mol. The van der Waals surface area contributed by atoms with Crippen molar-refractivity contribution in [1.29, 1.82) is 0 Å². The number of hydrogen-bond donors (Lipinski definition) is 0. The van der Waals surface area contributed by atoms with Crippen molar-refractivity contribution in [2.45, 2.75) is 22.3 Å². The Morgan fingerprint density at radius 2 is 1.72 bits per heavy atom. The number of esters is 1. The van der Waals surface area contributed by atoms with E-state index in [4.69, 9.17) is 4.74 Å². The molecule has 1 amide bonds. The van der Waals surface area contributed by atoms with Gasteiger partial charge in [0.15, 0.2) is 22.2 Å². The molecule has 2 aromatic rings. The van der Waals surface area contributed by atoms with E-state index in [1.165, 1.54) is 42.3 Å². The average Bonchev–Trinajstić information content (AvgIpc) is 3.14. The zero-order valence-corrected chi connectivity index (χ0v) is 18.6. The number of carbonyl (C=O) groups is 3. The number of rotatable bonds is 4. The number of amides is 1. The molecule has 32 heavy (non-hydrogen) atoms. The fourth-order valence-electron chi connectivity index (χ4n) is 3.81. The summed E-state index contributed by atoms with van der Waals surface area (Å²) in [4.78, 5) is 38.2. The van der Waals surface area contributed by atoms with Crippen LogP contribution in [0.1, 0.15) is 32.7 Å². The van der Waals surface area contributed by atoms with Gasteiger partial charge >= 0.3 is 5.97 Å². The molecule has 2 aliphatic rings. The first-order chi connectivity index (χ1) is 15.0. The number of ketones is 1. The first-order valence-electron chi connectivity index (χ1n) is 9.67. The molecule has 2 aliphatic heterocycles. The Balaban J connectivity index is 1.51. The minimum Gasteiger partial charge on any atom is -0.452 e. The molecule has 0 spiro atoms. The van der Waals surface area contributed by atoms with Crippen LogP contribution in [0.25, 0.3) is 0 Å². The van der Waals surface area contributed by atoms with Crippen molar-refractivity contribution in [3.8, 4) is 0 Å². The highest BCUT2D eigenvalue weighted by Crippen LogP contribution is 2.34. The largest absolute Gasteiger partial charge is 0.452 e. The smallest absolute Gasteiger partial charge is 0.338 e. The molecule has 168 valence electrons. The molecule has 1 atom stereocenters. The van der Waals surface area contributed by atoms with Crippen LogP contribution in [0.3, 0.4) is 0 Å². The van der Waals surface area contributed by atoms with E-state index in [9.17, 15) is 31.2 Å². The molecule has 0 unspecified atom stereocenters. The van der Waals surface area contributed by atoms with Crippen LogP contribution in [0, 0.1) is 0 Å². The van der Waals surface area contributed by atoms with E-state index in [2.05, 4.69) is 0 Å². The van der Waals surface area contributed by atoms with E-state index < -0.39 is 50.0 Å². The van der Waals surface area contributed by atoms with Crippen LogP contribution in [-0.2, 0) is 29.2 Å². The van der Waals surface area contributed by atoms with E-state index in [0.717, 1.165) is 6.07 Å². The van der Waals surface area contributed by atoms with Crippen LogP contribution >= 0.6 is 0 Å². The molecule has 1 fully saturated rings. The van der Waals surface area contributed by atoms with Crippen LogP contribution in [0.5, 0.6) is 0 Å². The minimum atomic E-state index is -4.02. The van der Waals surface area contributed by atoms with Crippen LogP contribution in [0.15, 0.2) is 52.3 Å². The zero-order valence-electron chi connectivity index (χ0n) is 17.0. The van der Waals surface area contributed by atoms with Gasteiger partial charge < -0.3 is 9.64 Å². The van der Waals surface area contributed by atoms with Crippen LogP contribution in [0.2, 0.25) is 0 Å². The number of likely N-dealkylation sites (N-methyl/N-ethyl adjacent to an activating group) is 1. The van der Waals surface area contributed by atoms with Crippen molar-refractivity contribution in [3.63, 3.8) is 0 Å². The second-order valence-corrected chi connectivity index (χ2v) is 11.8. The van der Waals surface area contributed by atoms with E-state index in [0.29, 0.717) is 6.42 Å². The highest BCUT2D eigenvalue weighted by molar-refractivity contribution is 7.92. The Labute approximate surface area is 184 Å². The molecule has 0 saturated carbocycles. The summed E-state index contributed by atoms with van der Waals surface area (Å²) in [5.41, 5.74) is -0.102. The highest BCUT2D eigenvalue weighted by Gasteiger charge is 2.36. The summed E-state index contributed by atoms with van der Waals surface area (Å²) < 4.78 is 54.1. The van der Waals surface area contributed by atoms with E-state index in [1.54, 1.807) is 6.07 Å². The molecule has 4 rings (SSSR count). The van der Waals surface area contributed by atoms with Crippen molar-refractivity contribution in [2.24, 2.45) is 0 Å². The lowest BCUT2D eigenvalue weighted by Crippen LogP contribution is -2.40. The summed E-state index contributed by atoms with van der Waals surface area (Å²) in [5.74, 6) is -2.11. The highest BCUT2D eigenvalue weighted by atomic mass is 32.2. The standard InChI is InChI=1S/C21H19NO8S2/c1-22(14-8-9-31(26,27)12-14)19(23)11-30-21(25)13-6-7-16-18(10-13)32(28,29)17-5-3-2-4-15(17)20(16)24/h2-7,10,14H,8-9,11-12H2,1H3/t14-/m0/s1. The summed E-state index contributed by atoms with van der Waals surface area (Å²) in [7, 11) is -5.76. The summed E-state index contributed by atoms with van der Waals surface area (Å²) in [6.07, 6.45) is 0.316. The SMILES string of the molecule is CN(C(=O)COC(=O)c1ccc2c(c1)S(=O)(=O)c1ccccc1C2=O)[C@H]1CCS(=O)(=O)C1. The Kier molecular flexibility index (Phi) is 5.41. The van der Waals surface area contributed by atoms with Gasteiger partial charge in [-0.3, -0.25) is 9.59 Å². The van der Waals surface area contributed by atoms with Crippen molar-refractivity contribution in [2.75, 3.05) is 25.2 Å². The van der Waals surface area contributed by atoms with Gasteiger partial charge in [0.2, 0.25) is 9.84 Å². The molecule has 11 heteroatoms. The van der Waals surface area contributed by atoms with Crippen LogP contribution in [-0.4, -0.2) is 70.6 Å². The Hall–Kier alpha value is -3.05. The molecular formula is C21H19NO8S2. The number of fused-ring (bicyclic) bond motifs is 2. The van der Waals surface area contributed by atoms with Gasteiger partial charge in [0.1, 0.15) is 0 Å². The summed E-state index contributed by atoms with van der Waals surface area (Å²) in [5, 5.41) is 0. The first-order valence-corrected chi connectivity index (χ1v) is 13.0. The lowest BCUT2D eigenvalue weighted by atomic mass is 10.0. The molecule has 2 heterocycles. The molecule has 0 bridgehead atoms. The molecule has 0 N–H and O–H groups in total. The van der Waals surface area contributed by atoms with Gasteiger partial charge in [0.05, 0.1) is 26.9 Å². The Morgan fingerprint density at radius 3 is 2.41 bits per heavy atom. The molecule has 1 saturated heterocycles. The van der Waals surface area contributed by atoms with E-state index >= 15 is 0 Å². The quantitative estimate of drug-likeness (QED) is 0.506. The van der Waals surface area contributed by atoms with Gasteiger partial charge in [0, 0.05) is 24.2 Å². The van der Waals surface area contributed by atoms with Gasteiger partial charge in [-0.15, -0.1) is 0 Å². The first kappa shape index (κ1) is 22.2. The van der Waals surface area contributed by atoms with Crippen LogP contribution in [0.4, 0.5) is 0 Å². The molecule has 2 aromatic carbocycles. The second-order valence-electron chi connectivity index (χ2n) is 7.68. The Bertz CT molecular complexity index is 1360. The third-order valence-corrected chi connectivity index (χ3v) is 9.25. The number of ether oxygens (including phenoxy) is 1. The zero-order chi connectivity index (χ0) is 23.3. The second kappa shape index (κ2) is 7.82. The van der Waals surface area contributed by atoms with Crippen molar-refractivity contribution >= 4 is 37.3 Å². The van der Waals surface area contributed by atoms with E-state index in [-0.39, 0.29) is 38.0 Å². The topological polar surface area (TPSA) is 132 Å². The molecule has 0 aromatic heterocycles. The van der Waals surface area contributed by atoms with Gasteiger partial charge in [-0.05, 0) is 36.8 Å². The van der Waals surface area contributed by atoms with E-state index in [1.807, 2.05) is 0 Å². The summed E-state index contributed by atoms with van der Waals surface area (Å²) in [6.45, 7) is -0.628. The maximum absolute atomic E-state index is 13.0. The minimum absolute atomic E-state index is 0.000518. The third-order valence-electron chi connectivity index (χ3n) is 5.65. The number of carbonyl (C=O) groups excluding carboxylic acids is 3. The number of sulfone groups is 2. The number of benzene rings is 2. The maximum Gasteiger partial charge on any atom is 0.338 e. The van der Waals surface area contributed by atoms with Gasteiger partial charge in [0.25, 0.3) is 5.91 Å². The van der Waals surface area contributed by atoms with Gasteiger partial charge in [-0.2, -0.15) is 0 Å². The fraction of sp³-hybridized carbons (Fsp3) is 0.286. The van der Waals surface area contributed by atoms with Crippen molar-refractivity contribution in [1.82, 2.24) is 4.90 Å². The monoisotopic (exact) mass is 477 g/mol. The lowest BCUT2D eigenvalue weighted by Gasteiger charge is -2.23. The predicted octanol–water partition coefficient (Wildman–Crippen LogP) is 0.866. The lowest BCUT2D eigenvalue weighted by molar-refractivity contribution is -0.134. The fourth-order valence-corrected chi connectivity index (χ4v) is 7.26. The van der Waals surface area contributed by atoms with Crippen molar-refractivity contribution in [3.05, 3.63) is 59.2 Å². The summed E-state index contributed by atoms with van der Waals surface area (Å²) >= 11 is 0. The number of hydrogen-bond acceptors (Lipinski definition) is 8. The van der Waals surface area contributed by atoms with Gasteiger partial charge in [-0.1, -0.05) is 12.1 Å². The average molecular weight is 478 g/mol. The predicted molar refractivity (Wildman–Crippen MR) is 112 cm³/mol. The molecule has 9 nitrogen and oxygen atoms in total. The summed E-state index contributed by atoms with van der Waals surface area (Å²) in [6, 6.07) is 8.93. The Morgan fingerprint density at radius 1 is 1.03 bits per heavy atom. The van der Waals surface area contributed by atoms with Crippen LogP contribution < -0.4 is 0 Å².